The fourth-order valence-electron chi connectivity index (χ4n) is 2.61. The van der Waals surface area contributed by atoms with Gasteiger partial charge >= 0.3 is 0 Å². The van der Waals surface area contributed by atoms with Crippen molar-refractivity contribution < 1.29 is 13.2 Å². The van der Waals surface area contributed by atoms with Gasteiger partial charge < -0.3 is 0 Å². The maximum atomic E-state index is 12.6. The van der Waals surface area contributed by atoms with Crippen molar-refractivity contribution in [2.45, 2.75) is 30.1 Å². The Bertz CT molecular complexity index is 1140. The average Bonchev–Trinajstić information content (AvgIpc) is 3.16. The van der Waals surface area contributed by atoms with Crippen LogP contribution in [0.15, 0.2) is 52.9 Å². The quantitative estimate of drug-likeness (QED) is 0.461. The van der Waals surface area contributed by atoms with E-state index in [0.29, 0.717) is 11.4 Å². The number of carbonyl (C=O) groups excluding carboxylic acids is 1. The van der Waals surface area contributed by atoms with Crippen molar-refractivity contribution in [3.05, 3.63) is 69.7 Å². The number of anilines is 1. The zero-order valence-corrected chi connectivity index (χ0v) is 18.9. The minimum Gasteiger partial charge on any atom is -0.296 e. The number of sulfonamides is 1. The first-order valence-corrected chi connectivity index (χ1v) is 12.0. The van der Waals surface area contributed by atoms with E-state index in [1.165, 1.54) is 18.2 Å². The molecule has 0 radical (unpaired) electrons. The number of benzene rings is 2. The summed E-state index contributed by atoms with van der Waals surface area (Å²) >= 11 is 12.6. The summed E-state index contributed by atoms with van der Waals surface area (Å²) in [6.07, 6.45) is 1.37. The van der Waals surface area contributed by atoms with E-state index in [2.05, 4.69) is 20.2 Å². The number of nitrogens with one attached hydrogen (secondary N) is 2. The van der Waals surface area contributed by atoms with Crippen LogP contribution in [-0.2, 0) is 16.4 Å². The average molecular weight is 485 g/mol. The Balaban J connectivity index is 1.61. The molecule has 7 nitrogen and oxygen atoms in total. The lowest BCUT2D eigenvalue weighted by molar-refractivity contribution is 0.102. The van der Waals surface area contributed by atoms with Crippen LogP contribution in [0.3, 0.4) is 0 Å². The Kier molecular flexibility index (Phi) is 7.43. The molecule has 11 heteroatoms. The fraction of sp³-hybridized carbons (Fsp3) is 0.211. The van der Waals surface area contributed by atoms with Crippen LogP contribution < -0.4 is 10.0 Å². The summed E-state index contributed by atoms with van der Waals surface area (Å²) in [5, 5.41) is 10.5. The van der Waals surface area contributed by atoms with Crippen molar-refractivity contribution in [1.82, 2.24) is 14.9 Å². The molecule has 0 bridgehead atoms. The van der Waals surface area contributed by atoms with Crippen LogP contribution in [0.25, 0.3) is 0 Å². The lowest BCUT2D eigenvalue weighted by Gasteiger charge is -2.12. The van der Waals surface area contributed by atoms with Gasteiger partial charge in [-0.1, -0.05) is 64.9 Å². The van der Waals surface area contributed by atoms with E-state index in [0.717, 1.165) is 23.3 Å². The van der Waals surface area contributed by atoms with E-state index in [4.69, 9.17) is 23.2 Å². The number of aromatic nitrogens is 2. The first kappa shape index (κ1) is 22.6. The second-order valence-corrected chi connectivity index (χ2v) is 10.2. The van der Waals surface area contributed by atoms with Crippen molar-refractivity contribution in [3.8, 4) is 0 Å². The van der Waals surface area contributed by atoms with E-state index in [9.17, 15) is 13.2 Å². The maximum Gasteiger partial charge on any atom is 0.270 e. The smallest absolute Gasteiger partial charge is 0.270 e. The van der Waals surface area contributed by atoms with Gasteiger partial charge in [0.15, 0.2) is 0 Å². The number of hydrogen-bond acceptors (Lipinski definition) is 6. The molecule has 0 fully saturated rings. The Labute approximate surface area is 188 Å². The van der Waals surface area contributed by atoms with Crippen molar-refractivity contribution in [2.24, 2.45) is 0 Å². The zero-order valence-electron chi connectivity index (χ0n) is 15.8. The second-order valence-electron chi connectivity index (χ2n) is 6.50. The van der Waals surface area contributed by atoms with E-state index in [1.54, 1.807) is 6.92 Å². The summed E-state index contributed by atoms with van der Waals surface area (Å²) in [6.45, 7) is 1.78. The molecule has 0 aliphatic heterocycles. The molecule has 1 heterocycles. The van der Waals surface area contributed by atoms with Crippen LogP contribution in [-0.4, -0.2) is 30.6 Å². The van der Waals surface area contributed by atoms with E-state index < -0.39 is 15.9 Å². The van der Waals surface area contributed by atoms with Gasteiger partial charge in [-0.2, -0.15) is 0 Å². The molecular formula is C19H18Cl2N4O3S2. The van der Waals surface area contributed by atoms with Gasteiger partial charge in [-0.3, -0.25) is 10.1 Å². The molecule has 0 spiro atoms. The monoisotopic (exact) mass is 484 g/mol. The number of rotatable bonds is 8. The predicted molar refractivity (Wildman–Crippen MR) is 119 cm³/mol. The molecule has 1 amide bonds. The maximum absolute atomic E-state index is 12.6. The molecule has 0 aliphatic rings. The Morgan fingerprint density at radius 1 is 1.13 bits per heavy atom. The minimum atomic E-state index is -3.86. The van der Waals surface area contributed by atoms with Crippen LogP contribution in [0, 0.1) is 0 Å². The number of nitrogens with zero attached hydrogens (tertiary/aromatic N) is 2. The van der Waals surface area contributed by atoms with Crippen LogP contribution in [0.2, 0.25) is 10.0 Å². The largest absolute Gasteiger partial charge is 0.296 e. The van der Waals surface area contributed by atoms with Crippen LogP contribution >= 0.6 is 34.5 Å². The SMILES string of the molecule is C[C@H](CCc1ccccc1)NS(=O)(=O)c1nnc(NC(=O)c2ccc(Cl)cc2Cl)s1. The molecule has 1 aromatic heterocycles. The Hall–Kier alpha value is -2.04. The number of aryl methyl sites for hydroxylation is 1. The highest BCUT2D eigenvalue weighted by Crippen LogP contribution is 2.24. The third-order valence-corrected chi connectivity index (χ3v) is 7.44. The first-order chi connectivity index (χ1) is 14.2. The zero-order chi connectivity index (χ0) is 21.7. The molecule has 0 unspecified atom stereocenters. The van der Waals surface area contributed by atoms with Gasteiger partial charge in [-0.15, -0.1) is 10.2 Å². The van der Waals surface area contributed by atoms with Gasteiger partial charge in [0.05, 0.1) is 10.6 Å². The summed E-state index contributed by atoms with van der Waals surface area (Å²) in [6, 6.07) is 13.9. The first-order valence-electron chi connectivity index (χ1n) is 8.91. The van der Waals surface area contributed by atoms with Crippen LogP contribution in [0.5, 0.6) is 0 Å². The molecule has 0 aliphatic carbocycles. The normalized spacial score (nSPS) is 12.5. The van der Waals surface area contributed by atoms with Gasteiger partial charge in [-0.05, 0) is 43.5 Å². The minimum absolute atomic E-state index is 0.0448. The Morgan fingerprint density at radius 3 is 2.57 bits per heavy atom. The van der Waals surface area contributed by atoms with Crippen molar-refractivity contribution >= 4 is 55.6 Å². The molecule has 0 saturated carbocycles. The molecule has 158 valence electrons. The van der Waals surface area contributed by atoms with E-state index >= 15 is 0 Å². The molecule has 1 atom stereocenters. The van der Waals surface area contributed by atoms with Crippen molar-refractivity contribution in [2.75, 3.05) is 5.32 Å². The van der Waals surface area contributed by atoms with Gasteiger partial charge in [0.2, 0.25) is 9.47 Å². The number of amides is 1. The predicted octanol–water partition coefficient (Wildman–Crippen LogP) is 4.40. The number of halogens is 2. The van der Waals surface area contributed by atoms with Gasteiger partial charge in [0, 0.05) is 11.1 Å². The third kappa shape index (κ3) is 5.99. The summed E-state index contributed by atoms with van der Waals surface area (Å²) in [5.74, 6) is -0.541. The van der Waals surface area contributed by atoms with Crippen molar-refractivity contribution in [1.29, 1.82) is 0 Å². The number of carbonyl (C=O) groups is 1. The lowest BCUT2D eigenvalue weighted by Crippen LogP contribution is -2.32. The molecule has 2 aromatic carbocycles. The fourth-order valence-corrected chi connectivity index (χ4v) is 5.29. The van der Waals surface area contributed by atoms with Crippen LogP contribution in [0.4, 0.5) is 5.13 Å². The molecule has 3 aromatic rings. The number of hydrogen-bond donors (Lipinski definition) is 2. The topological polar surface area (TPSA) is 101 Å². The highest BCUT2D eigenvalue weighted by atomic mass is 35.5. The summed E-state index contributed by atoms with van der Waals surface area (Å²) in [4.78, 5) is 12.3. The molecule has 2 N–H and O–H groups in total. The molecular weight excluding hydrogens is 467 g/mol. The van der Waals surface area contributed by atoms with Gasteiger partial charge in [-0.25, -0.2) is 13.1 Å². The third-order valence-electron chi connectivity index (χ3n) is 4.10. The summed E-state index contributed by atoms with van der Waals surface area (Å²) in [7, 11) is -3.86. The molecule has 3 rings (SSSR count). The van der Waals surface area contributed by atoms with Crippen LogP contribution in [0.1, 0.15) is 29.3 Å². The van der Waals surface area contributed by atoms with E-state index in [1.807, 2.05) is 30.3 Å². The van der Waals surface area contributed by atoms with Crippen molar-refractivity contribution in [3.63, 3.8) is 0 Å². The van der Waals surface area contributed by atoms with Gasteiger partial charge in [0.1, 0.15) is 0 Å². The highest BCUT2D eigenvalue weighted by Gasteiger charge is 2.23. The second kappa shape index (κ2) is 9.84. The Morgan fingerprint density at radius 2 is 1.87 bits per heavy atom. The molecule has 30 heavy (non-hydrogen) atoms. The lowest BCUT2D eigenvalue weighted by atomic mass is 10.1. The summed E-state index contributed by atoms with van der Waals surface area (Å²) in [5.41, 5.74) is 1.32. The molecule has 0 saturated heterocycles. The van der Waals surface area contributed by atoms with E-state index in [-0.39, 0.29) is 26.1 Å². The standard InChI is InChI=1S/C19H18Cl2N4O3S2/c1-12(7-8-13-5-3-2-4-6-13)25-30(27,28)19-24-23-18(29-19)22-17(26)15-10-9-14(20)11-16(15)21/h2-6,9-12,25H,7-8H2,1H3,(H,22,23,26)/t12-/m1/s1. The highest BCUT2D eigenvalue weighted by molar-refractivity contribution is 7.91. The summed E-state index contributed by atoms with van der Waals surface area (Å²) < 4.78 is 27.5. The van der Waals surface area contributed by atoms with Gasteiger partial charge in [0.25, 0.3) is 15.9 Å².